The number of hydrogen-bond donors (Lipinski definition) is 4. The van der Waals surface area contributed by atoms with Crippen molar-refractivity contribution in [2.75, 3.05) is 11.5 Å². The average Bonchev–Trinajstić information content (AvgIpc) is 2.34. The Kier molecular flexibility index (Phi) is 1.39. The minimum Gasteiger partial charge on any atom is -0.690 e. The van der Waals surface area contributed by atoms with Crippen LogP contribution in [-0.4, -0.2) is 15.2 Å². The van der Waals surface area contributed by atoms with Gasteiger partial charge in [-0.05, 0) is 10.9 Å². The van der Waals surface area contributed by atoms with Gasteiger partial charge in [0.1, 0.15) is 11.3 Å². The van der Waals surface area contributed by atoms with E-state index in [1.54, 1.807) is 0 Å². The highest BCUT2D eigenvalue weighted by molar-refractivity contribution is 5.91. The van der Waals surface area contributed by atoms with Gasteiger partial charge < -0.3 is 21.3 Å². The zero-order valence-corrected chi connectivity index (χ0v) is 7.01. The lowest BCUT2D eigenvalue weighted by atomic mass is 10.2. The summed E-state index contributed by atoms with van der Waals surface area (Å²) in [6.07, 6.45) is 0. The molecule has 1 aromatic heterocycles. The van der Waals surface area contributed by atoms with Gasteiger partial charge in [-0.1, -0.05) is 0 Å². The van der Waals surface area contributed by atoms with Gasteiger partial charge in [0.15, 0.2) is 0 Å². The molecule has 2 rings (SSSR count). The van der Waals surface area contributed by atoms with Gasteiger partial charge >= 0.3 is 5.82 Å². The predicted octanol–water partition coefficient (Wildman–Crippen LogP) is -0.618. The number of nitrogen functional groups attached to an aromatic ring is 2. The second-order valence-electron chi connectivity index (χ2n) is 2.88. The quantitative estimate of drug-likeness (QED) is 0.147. The number of nitrogens with zero attached hydrogens (tertiary/aromatic N) is 2. The Balaban J connectivity index is 2.96. The van der Waals surface area contributed by atoms with Crippen molar-refractivity contribution < 1.29 is 15.2 Å². The van der Waals surface area contributed by atoms with Crippen LogP contribution >= 0.6 is 0 Å². The highest BCUT2D eigenvalue weighted by Crippen LogP contribution is 2.28. The van der Waals surface area contributed by atoms with Crippen LogP contribution in [0.25, 0.3) is 10.9 Å². The number of aromatic hydroxyl groups is 1. The maximum absolute atomic E-state index is 11.1. The molecule has 0 saturated heterocycles. The SMILES string of the molecule is Nc1cc2c(N)[n+]([O-])n(O)c2cc1O. The van der Waals surface area contributed by atoms with E-state index >= 15 is 0 Å². The van der Waals surface area contributed by atoms with Crippen LogP contribution in [0.15, 0.2) is 12.1 Å². The first-order chi connectivity index (χ1) is 6.52. The summed E-state index contributed by atoms with van der Waals surface area (Å²) in [6.45, 7) is 0. The van der Waals surface area contributed by atoms with Crippen molar-refractivity contribution in [2.45, 2.75) is 0 Å². The number of benzene rings is 1. The van der Waals surface area contributed by atoms with E-state index in [4.69, 9.17) is 11.5 Å². The van der Waals surface area contributed by atoms with Crippen LogP contribution in [0.5, 0.6) is 5.75 Å². The first-order valence-corrected chi connectivity index (χ1v) is 3.74. The van der Waals surface area contributed by atoms with Gasteiger partial charge in [-0.15, -0.1) is 4.85 Å². The fourth-order valence-corrected chi connectivity index (χ4v) is 1.27. The summed E-state index contributed by atoms with van der Waals surface area (Å²) in [5.41, 5.74) is 11.0. The summed E-state index contributed by atoms with van der Waals surface area (Å²) in [7, 11) is 0. The van der Waals surface area contributed by atoms with Gasteiger partial charge in [0, 0.05) is 6.07 Å². The van der Waals surface area contributed by atoms with E-state index in [1.807, 2.05) is 0 Å². The molecular weight excluding hydrogens is 188 g/mol. The molecule has 74 valence electrons. The zero-order chi connectivity index (χ0) is 10.5. The number of rotatable bonds is 0. The lowest BCUT2D eigenvalue weighted by Gasteiger charge is -2.00. The largest absolute Gasteiger partial charge is 0.690 e. The first kappa shape index (κ1) is 8.30. The molecule has 6 N–H and O–H groups in total. The summed E-state index contributed by atoms with van der Waals surface area (Å²) in [4.78, 5) is 0.396. The summed E-state index contributed by atoms with van der Waals surface area (Å²) in [5, 5.41) is 29.9. The van der Waals surface area contributed by atoms with Gasteiger partial charge in [-0.2, -0.15) is 0 Å². The Labute approximate surface area is 77.9 Å². The molecule has 0 bridgehead atoms. The first-order valence-electron chi connectivity index (χ1n) is 3.74. The molecule has 7 heteroatoms. The van der Waals surface area contributed by atoms with Crippen LogP contribution in [0.3, 0.4) is 0 Å². The number of aromatic nitrogens is 2. The standard InChI is InChI=1S/C7H8N4O3/c8-4-1-3-5(2-6(4)12)10(13)11(14)7(3)9/h1-2,12-13H,8-9H2. The maximum Gasteiger partial charge on any atom is 0.307 e. The van der Waals surface area contributed by atoms with Gasteiger partial charge in [-0.25, -0.2) is 0 Å². The highest BCUT2D eigenvalue weighted by atomic mass is 16.6. The summed E-state index contributed by atoms with van der Waals surface area (Å²) in [6, 6.07) is 2.48. The topological polar surface area (TPSA) is 124 Å². The number of fused-ring (bicyclic) bond motifs is 1. The molecular formula is C7H8N4O3. The molecule has 0 aliphatic rings. The third-order valence-electron chi connectivity index (χ3n) is 2.01. The van der Waals surface area contributed by atoms with E-state index in [9.17, 15) is 15.5 Å². The molecule has 7 nitrogen and oxygen atoms in total. The lowest BCUT2D eigenvalue weighted by molar-refractivity contribution is -0.709. The molecule has 0 amide bonds. The molecule has 2 aromatic rings. The van der Waals surface area contributed by atoms with E-state index in [1.165, 1.54) is 6.07 Å². The normalized spacial score (nSPS) is 10.9. The lowest BCUT2D eigenvalue weighted by Crippen LogP contribution is -2.38. The second kappa shape index (κ2) is 2.34. The Morgan fingerprint density at radius 3 is 2.64 bits per heavy atom. The van der Waals surface area contributed by atoms with Crippen molar-refractivity contribution in [3.8, 4) is 5.75 Å². The molecule has 0 spiro atoms. The van der Waals surface area contributed by atoms with E-state index in [0.717, 1.165) is 6.07 Å². The average molecular weight is 196 g/mol. The van der Waals surface area contributed by atoms with Crippen molar-refractivity contribution >= 4 is 22.4 Å². The van der Waals surface area contributed by atoms with Crippen molar-refractivity contribution in [1.82, 2.24) is 4.85 Å². The Morgan fingerprint density at radius 1 is 1.36 bits per heavy atom. The van der Waals surface area contributed by atoms with Crippen LogP contribution in [0.2, 0.25) is 0 Å². The van der Waals surface area contributed by atoms with E-state index in [-0.39, 0.29) is 33.0 Å². The summed E-state index contributed by atoms with van der Waals surface area (Å²) < 4.78 is 0. The monoisotopic (exact) mass is 196 g/mol. The fraction of sp³-hybridized carbons (Fsp3) is 0. The predicted molar refractivity (Wildman–Crippen MR) is 48.6 cm³/mol. The Bertz CT molecular complexity index is 474. The molecule has 1 heterocycles. The minimum absolute atomic E-state index is 0.0930. The van der Waals surface area contributed by atoms with Gasteiger partial charge in [0.25, 0.3) is 0 Å². The number of hydrogen-bond acceptors (Lipinski definition) is 5. The van der Waals surface area contributed by atoms with Gasteiger partial charge in [0.05, 0.1) is 11.1 Å². The van der Waals surface area contributed by atoms with Crippen LogP contribution in [0.4, 0.5) is 11.5 Å². The van der Waals surface area contributed by atoms with E-state index < -0.39 is 0 Å². The molecule has 0 aliphatic carbocycles. The smallest absolute Gasteiger partial charge is 0.307 e. The fourth-order valence-electron chi connectivity index (χ4n) is 1.27. The summed E-state index contributed by atoms with van der Waals surface area (Å²) >= 11 is 0. The highest BCUT2D eigenvalue weighted by Gasteiger charge is 2.16. The summed E-state index contributed by atoms with van der Waals surface area (Å²) in [5.74, 6) is -0.389. The van der Waals surface area contributed by atoms with Crippen molar-refractivity contribution in [3.63, 3.8) is 0 Å². The van der Waals surface area contributed by atoms with Crippen LogP contribution in [-0.2, 0) is 0 Å². The van der Waals surface area contributed by atoms with Crippen molar-refractivity contribution in [1.29, 1.82) is 0 Å². The van der Waals surface area contributed by atoms with E-state index in [2.05, 4.69) is 0 Å². The van der Waals surface area contributed by atoms with Crippen LogP contribution in [0.1, 0.15) is 0 Å². The maximum atomic E-state index is 11.1. The van der Waals surface area contributed by atoms with Crippen LogP contribution < -0.4 is 16.3 Å². The number of phenolic OH excluding ortho intramolecular Hbond substituents is 1. The number of anilines is 2. The van der Waals surface area contributed by atoms with Crippen molar-refractivity contribution in [2.24, 2.45) is 0 Å². The third-order valence-corrected chi connectivity index (χ3v) is 2.01. The number of nitrogens with two attached hydrogens (primary N) is 2. The molecule has 0 aliphatic heterocycles. The van der Waals surface area contributed by atoms with Gasteiger partial charge in [0.2, 0.25) is 0 Å². The van der Waals surface area contributed by atoms with Crippen molar-refractivity contribution in [3.05, 3.63) is 17.3 Å². The second-order valence-corrected chi connectivity index (χ2v) is 2.88. The number of phenols is 1. The molecule has 14 heavy (non-hydrogen) atoms. The molecule has 0 saturated carbocycles. The van der Waals surface area contributed by atoms with Crippen LogP contribution in [0, 0.1) is 5.21 Å². The molecule has 0 fully saturated rings. The van der Waals surface area contributed by atoms with E-state index in [0.29, 0.717) is 4.85 Å². The minimum atomic E-state index is -0.217. The molecule has 1 aromatic carbocycles. The molecule has 0 radical (unpaired) electrons. The molecule has 0 unspecified atom stereocenters. The third kappa shape index (κ3) is 0.830. The Hall–Kier alpha value is -2.31. The Morgan fingerprint density at radius 2 is 2.00 bits per heavy atom. The molecule has 0 atom stereocenters. The zero-order valence-electron chi connectivity index (χ0n) is 7.01. The van der Waals surface area contributed by atoms with Gasteiger partial charge in [-0.3, -0.25) is 5.73 Å².